The van der Waals surface area contributed by atoms with Crippen molar-refractivity contribution in [2.75, 3.05) is 6.61 Å². The van der Waals surface area contributed by atoms with E-state index in [0.717, 1.165) is 9.86 Å². The fraction of sp³-hybridized carbons (Fsp3) is 0.333. The topological polar surface area (TPSA) is 48.4 Å². The largest absolute Gasteiger partial charge is 0.474 e. The number of fused-ring (bicyclic) bond motifs is 1. The summed E-state index contributed by atoms with van der Waals surface area (Å²) in [4.78, 5) is 16.2. The number of benzene rings is 1. The van der Waals surface area contributed by atoms with Crippen molar-refractivity contribution >= 4 is 32.8 Å². The van der Waals surface area contributed by atoms with Crippen LogP contribution in [0.2, 0.25) is 0 Å². The number of aromatic nitrogens is 1. The van der Waals surface area contributed by atoms with Crippen LogP contribution in [0.4, 0.5) is 0 Å². The molecule has 1 aromatic carbocycles. The third kappa shape index (κ3) is 2.93. The molecule has 0 spiro atoms. The Kier molecular flexibility index (Phi) is 4.28. The third-order valence-electron chi connectivity index (χ3n) is 2.81. The van der Waals surface area contributed by atoms with E-state index in [2.05, 4.69) is 20.9 Å². The molecule has 0 aliphatic heterocycles. The molecule has 0 radical (unpaired) electrons. The summed E-state index contributed by atoms with van der Waals surface area (Å²) in [6.45, 7) is 5.46. The van der Waals surface area contributed by atoms with Crippen LogP contribution in [0.25, 0.3) is 10.9 Å². The zero-order valence-electron chi connectivity index (χ0n) is 11.6. The molecule has 0 aliphatic rings. The first-order valence-electron chi connectivity index (χ1n) is 6.35. The van der Waals surface area contributed by atoms with Gasteiger partial charge in [-0.25, -0.2) is 4.79 Å². The Morgan fingerprint density at radius 3 is 2.80 bits per heavy atom. The van der Waals surface area contributed by atoms with Crippen molar-refractivity contribution in [3.63, 3.8) is 0 Å². The van der Waals surface area contributed by atoms with Crippen LogP contribution in [0, 0.1) is 0 Å². The van der Waals surface area contributed by atoms with E-state index < -0.39 is 11.6 Å². The van der Waals surface area contributed by atoms with Crippen molar-refractivity contribution < 1.29 is 14.3 Å². The quantitative estimate of drug-likeness (QED) is 0.798. The minimum absolute atomic E-state index is 0.324. The molecular weight excluding hydrogens is 322 g/mol. The number of rotatable bonds is 4. The van der Waals surface area contributed by atoms with Crippen molar-refractivity contribution in [1.29, 1.82) is 0 Å². The lowest BCUT2D eigenvalue weighted by Crippen LogP contribution is -2.39. The van der Waals surface area contributed by atoms with Crippen LogP contribution >= 0.6 is 15.9 Å². The molecule has 5 heteroatoms. The average molecular weight is 338 g/mol. The first-order valence-corrected chi connectivity index (χ1v) is 7.14. The lowest BCUT2D eigenvalue weighted by molar-refractivity contribution is -0.158. The number of nitrogens with zero attached hydrogens (tertiary/aromatic N) is 1. The van der Waals surface area contributed by atoms with Gasteiger partial charge in [-0.1, -0.05) is 22.0 Å². The van der Waals surface area contributed by atoms with Crippen LogP contribution in [-0.2, 0) is 9.53 Å². The van der Waals surface area contributed by atoms with E-state index in [0.29, 0.717) is 17.9 Å². The van der Waals surface area contributed by atoms with Crippen molar-refractivity contribution in [3.8, 4) is 5.75 Å². The van der Waals surface area contributed by atoms with Gasteiger partial charge in [0.15, 0.2) is 5.60 Å². The molecule has 1 heterocycles. The highest BCUT2D eigenvalue weighted by Crippen LogP contribution is 2.32. The highest BCUT2D eigenvalue weighted by Gasteiger charge is 2.32. The lowest BCUT2D eigenvalue weighted by Gasteiger charge is -2.24. The zero-order valence-corrected chi connectivity index (χ0v) is 13.2. The lowest BCUT2D eigenvalue weighted by atomic mass is 10.1. The van der Waals surface area contributed by atoms with Gasteiger partial charge in [-0.05, 0) is 39.0 Å². The van der Waals surface area contributed by atoms with Crippen LogP contribution in [0.5, 0.6) is 5.75 Å². The van der Waals surface area contributed by atoms with Crippen molar-refractivity contribution in [2.45, 2.75) is 26.4 Å². The number of carbonyl (C=O) groups is 1. The van der Waals surface area contributed by atoms with Gasteiger partial charge in [0, 0.05) is 16.1 Å². The minimum atomic E-state index is -1.06. The summed E-state index contributed by atoms with van der Waals surface area (Å²) in [6, 6.07) is 7.46. The monoisotopic (exact) mass is 337 g/mol. The normalized spacial score (nSPS) is 11.4. The highest BCUT2D eigenvalue weighted by atomic mass is 79.9. The second kappa shape index (κ2) is 5.79. The number of halogens is 1. The molecule has 0 N–H and O–H groups in total. The Labute approximate surface area is 126 Å². The van der Waals surface area contributed by atoms with Gasteiger partial charge in [0.25, 0.3) is 0 Å². The van der Waals surface area contributed by atoms with E-state index in [1.165, 1.54) is 0 Å². The molecule has 1 aromatic heterocycles. The van der Waals surface area contributed by atoms with Crippen LogP contribution in [-0.4, -0.2) is 23.2 Å². The van der Waals surface area contributed by atoms with Crippen LogP contribution in [0.3, 0.4) is 0 Å². The van der Waals surface area contributed by atoms with Gasteiger partial charge in [0.1, 0.15) is 11.3 Å². The molecule has 2 rings (SSSR count). The van der Waals surface area contributed by atoms with Crippen LogP contribution in [0.1, 0.15) is 20.8 Å². The van der Waals surface area contributed by atoms with Crippen molar-refractivity contribution in [1.82, 2.24) is 4.98 Å². The molecular formula is C15H16BrNO3. The van der Waals surface area contributed by atoms with Crippen LogP contribution < -0.4 is 4.74 Å². The molecule has 0 unspecified atom stereocenters. The highest BCUT2D eigenvalue weighted by molar-refractivity contribution is 9.10. The second-order valence-electron chi connectivity index (χ2n) is 4.78. The van der Waals surface area contributed by atoms with Gasteiger partial charge < -0.3 is 9.47 Å². The predicted octanol–water partition coefficient (Wildman–Crippen LogP) is 3.72. The van der Waals surface area contributed by atoms with E-state index in [9.17, 15) is 4.79 Å². The number of hydrogen-bond donors (Lipinski definition) is 0. The molecule has 106 valence electrons. The molecule has 0 bridgehead atoms. The summed E-state index contributed by atoms with van der Waals surface area (Å²) in [7, 11) is 0. The Hall–Kier alpha value is -1.62. The molecule has 0 fully saturated rings. The van der Waals surface area contributed by atoms with Gasteiger partial charge in [0.2, 0.25) is 0 Å². The summed E-state index contributed by atoms with van der Waals surface area (Å²) in [5, 5.41) is 0.935. The van der Waals surface area contributed by atoms with E-state index in [1.54, 1.807) is 33.0 Å². The van der Waals surface area contributed by atoms with E-state index in [-0.39, 0.29) is 0 Å². The number of pyridine rings is 1. The summed E-state index contributed by atoms with van der Waals surface area (Å²) in [5.41, 5.74) is -0.354. The number of esters is 1. The predicted molar refractivity (Wildman–Crippen MR) is 80.8 cm³/mol. The Morgan fingerprint density at radius 2 is 2.10 bits per heavy atom. The zero-order chi connectivity index (χ0) is 14.8. The molecule has 20 heavy (non-hydrogen) atoms. The van der Waals surface area contributed by atoms with Gasteiger partial charge >= 0.3 is 5.97 Å². The summed E-state index contributed by atoms with van der Waals surface area (Å²) in [5.74, 6) is 0.161. The van der Waals surface area contributed by atoms with Crippen LogP contribution in [0.15, 0.2) is 34.9 Å². The molecule has 4 nitrogen and oxygen atoms in total. The van der Waals surface area contributed by atoms with Gasteiger partial charge in [0.05, 0.1) is 6.61 Å². The van der Waals surface area contributed by atoms with E-state index >= 15 is 0 Å². The molecule has 0 amide bonds. The maximum absolute atomic E-state index is 11.9. The summed E-state index contributed by atoms with van der Waals surface area (Å²) >= 11 is 3.48. The summed E-state index contributed by atoms with van der Waals surface area (Å²) in [6.07, 6.45) is 1.69. The third-order valence-corrected chi connectivity index (χ3v) is 3.50. The first-order chi connectivity index (χ1) is 9.45. The van der Waals surface area contributed by atoms with Gasteiger partial charge in [-0.3, -0.25) is 4.98 Å². The van der Waals surface area contributed by atoms with E-state index in [1.807, 2.05) is 18.2 Å². The van der Waals surface area contributed by atoms with Gasteiger partial charge in [-0.2, -0.15) is 0 Å². The molecule has 0 saturated carbocycles. The number of hydrogen-bond acceptors (Lipinski definition) is 4. The minimum Gasteiger partial charge on any atom is -0.474 e. The number of carbonyl (C=O) groups excluding carboxylic acids is 1. The Balaban J connectivity index is 2.39. The fourth-order valence-corrected chi connectivity index (χ4v) is 2.27. The number of ether oxygens (including phenoxy) is 2. The Morgan fingerprint density at radius 1 is 1.35 bits per heavy atom. The summed E-state index contributed by atoms with van der Waals surface area (Å²) < 4.78 is 11.8. The Bertz CT molecular complexity index is 640. The first kappa shape index (κ1) is 14.8. The SMILES string of the molecule is CCOC(=O)C(C)(C)Oc1ccc(Br)c2cccnc12. The molecule has 0 atom stereocenters. The van der Waals surface area contributed by atoms with E-state index in [4.69, 9.17) is 9.47 Å². The fourth-order valence-electron chi connectivity index (χ4n) is 1.82. The van der Waals surface area contributed by atoms with Crippen molar-refractivity contribution in [2.24, 2.45) is 0 Å². The molecule has 0 saturated heterocycles. The molecule has 0 aliphatic carbocycles. The average Bonchev–Trinajstić information content (AvgIpc) is 2.42. The van der Waals surface area contributed by atoms with Crippen molar-refractivity contribution in [3.05, 3.63) is 34.9 Å². The maximum Gasteiger partial charge on any atom is 0.349 e. The molecule has 2 aromatic rings. The second-order valence-corrected chi connectivity index (χ2v) is 5.63. The smallest absolute Gasteiger partial charge is 0.349 e. The van der Waals surface area contributed by atoms with Gasteiger partial charge in [-0.15, -0.1) is 0 Å². The standard InChI is InChI=1S/C15H16BrNO3/c1-4-19-14(18)15(2,3)20-12-8-7-11(16)10-6-5-9-17-13(10)12/h5-9H,4H2,1-3H3. The maximum atomic E-state index is 11.9.